The van der Waals surface area contributed by atoms with E-state index in [2.05, 4.69) is 15.2 Å². The number of thiocarbonyl (C=S) groups is 1. The number of nitro benzene ring substituents is 1. The Balaban J connectivity index is 1.73. The van der Waals surface area contributed by atoms with Crippen LogP contribution >= 0.6 is 12.2 Å². The van der Waals surface area contributed by atoms with E-state index < -0.39 is 4.92 Å². The fourth-order valence-corrected chi connectivity index (χ4v) is 4.08. The summed E-state index contributed by atoms with van der Waals surface area (Å²) in [4.78, 5) is 17.1. The molecule has 2 unspecified atom stereocenters. The van der Waals surface area contributed by atoms with E-state index in [1.54, 1.807) is 12.3 Å². The van der Waals surface area contributed by atoms with E-state index in [0.29, 0.717) is 28.7 Å². The Morgan fingerprint density at radius 1 is 1.30 bits per heavy atom. The van der Waals surface area contributed by atoms with Crippen molar-refractivity contribution in [1.29, 1.82) is 0 Å². The molecule has 1 saturated heterocycles. The molecule has 1 aromatic carbocycles. The topological polar surface area (TPSA) is 93.7 Å². The molecule has 2 atom stereocenters. The summed E-state index contributed by atoms with van der Waals surface area (Å²) in [6.45, 7) is 2.74. The van der Waals surface area contributed by atoms with Crippen molar-refractivity contribution in [3.8, 4) is 17.1 Å². The molecule has 2 aromatic heterocycles. The molecule has 0 bridgehead atoms. The van der Waals surface area contributed by atoms with E-state index in [4.69, 9.17) is 21.4 Å². The molecular formula is C21H20N4O4S. The average molecular weight is 424 g/mol. The van der Waals surface area contributed by atoms with Gasteiger partial charge in [0.2, 0.25) is 0 Å². The zero-order valence-electron chi connectivity index (χ0n) is 16.4. The zero-order valence-corrected chi connectivity index (χ0v) is 17.3. The average Bonchev–Trinajstić information content (AvgIpc) is 3.37. The van der Waals surface area contributed by atoms with Crippen LogP contribution in [0.5, 0.6) is 5.75 Å². The lowest BCUT2D eigenvalue weighted by Crippen LogP contribution is -2.29. The van der Waals surface area contributed by atoms with Gasteiger partial charge in [-0.3, -0.25) is 15.1 Å². The molecule has 1 fully saturated rings. The van der Waals surface area contributed by atoms with E-state index in [1.165, 1.54) is 19.2 Å². The molecule has 8 nitrogen and oxygen atoms in total. The predicted molar refractivity (Wildman–Crippen MR) is 115 cm³/mol. The number of rotatable bonds is 6. The fourth-order valence-electron chi connectivity index (χ4n) is 3.71. The first kappa shape index (κ1) is 19.8. The smallest absolute Gasteiger partial charge is 0.273 e. The van der Waals surface area contributed by atoms with Crippen LogP contribution in [-0.4, -0.2) is 33.6 Å². The molecule has 4 rings (SSSR count). The van der Waals surface area contributed by atoms with Crippen LogP contribution < -0.4 is 10.1 Å². The minimum atomic E-state index is -0.457. The number of hydrogen-bond donors (Lipinski definition) is 1. The van der Waals surface area contributed by atoms with E-state index in [0.717, 1.165) is 11.5 Å². The molecule has 154 valence electrons. The summed E-state index contributed by atoms with van der Waals surface area (Å²) < 4.78 is 11.6. The van der Waals surface area contributed by atoms with Crippen LogP contribution in [0, 0.1) is 10.1 Å². The maximum Gasteiger partial charge on any atom is 0.273 e. The number of likely N-dealkylation sites (N-methyl/N-ethyl adjacent to an activating group) is 1. The number of furan rings is 1. The lowest BCUT2D eigenvalue weighted by Gasteiger charge is -2.24. The van der Waals surface area contributed by atoms with Crippen LogP contribution in [-0.2, 0) is 0 Å². The molecule has 30 heavy (non-hydrogen) atoms. The minimum Gasteiger partial charge on any atom is -0.496 e. The molecular weight excluding hydrogens is 404 g/mol. The Labute approximate surface area is 178 Å². The van der Waals surface area contributed by atoms with Crippen molar-refractivity contribution in [2.45, 2.75) is 19.0 Å². The van der Waals surface area contributed by atoms with Crippen LogP contribution in [0.25, 0.3) is 11.3 Å². The predicted octanol–water partition coefficient (Wildman–Crippen LogP) is 4.25. The lowest BCUT2D eigenvalue weighted by molar-refractivity contribution is -0.384. The zero-order chi connectivity index (χ0) is 21.3. The van der Waals surface area contributed by atoms with Gasteiger partial charge in [0.1, 0.15) is 23.3 Å². The Morgan fingerprint density at radius 3 is 2.80 bits per heavy atom. The summed E-state index contributed by atoms with van der Waals surface area (Å²) >= 11 is 5.53. The maximum absolute atomic E-state index is 11.1. The van der Waals surface area contributed by atoms with Crippen molar-refractivity contribution >= 4 is 23.0 Å². The molecule has 0 amide bonds. The molecule has 3 heterocycles. The third-order valence-corrected chi connectivity index (χ3v) is 5.47. The standard InChI is InChI=1S/C21H20N4O4S/c1-3-24-20(19(23-21(24)30)15-6-4-5-11-22-15)17-10-9-16(29-17)14-8-7-13(25(26)27)12-18(14)28-2/h4-12,19-20H,3H2,1-2H3,(H,23,30). The first-order valence-corrected chi connectivity index (χ1v) is 9.85. The Hall–Kier alpha value is -3.46. The SMILES string of the molecule is CCN1C(=S)NC(c2ccccn2)C1c1ccc(-c2ccc([N+](=O)[O-])cc2OC)o1. The highest BCUT2D eigenvalue weighted by Gasteiger charge is 2.41. The summed E-state index contributed by atoms with van der Waals surface area (Å²) in [5.41, 5.74) is 1.46. The first-order valence-electron chi connectivity index (χ1n) is 9.44. The normalized spacial score (nSPS) is 18.3. The van der Waals surface area contributed by atoms with Gasteiger partial charge in [-0.2, -0.15) is 0 Å². The van der Waals surface area contributed by atoms with Gasteiger partial charge >= 0.3 is 0 Å². The third-order valence-electron chi connectivity index (χ3n) is 5.12. The van der Waals surface area contributed by atoms with E-state index in [1.807, 2.05) is 37.3 Å². The van der Waals surface area contributed by atoms with Crippen LogP contribution in [0.4, 0.5) is 5.69 Å². The highest BCUT2D eigenvalue weighted by atomic mass is 32.1. The van der Waals surface area contributed by atoms with Crippen LogP contribution in [0.2, 0.25) is 0 Å². The summed E-state index contributed by atoms with van der Waals surface area (Å²) in [5, 5.41) is 15.1. The molecule has 1 N–H and O–H groups in total. The summed E-state index contributed by atoms with van der Waals surface area (Å²) in [6, 6.07) is 13.6. The molecule has 0 saturated carbocycles. The van der Waals surface area contributed by atoms with Gasteiger partial charge in [-0.1, -0.05) is 6.07 Å². The van der Waals surface area contributed by atoms with Gasteiger partial charge in [-0.05, 0) is 49.5 Å². The number of ether oxygens (including phenoxy) is 1. The van der Waals surface area contributed by atoms with Gasteiger partial charge in [0, 0.05) is 18.8 Å². The second-order valence-electron chi connectivity index (χ2n) is 6.76. The highest BCUT2D eigenvalue weighted by molar-refractivity contribution is 7.80. The van der Waals surface area contributed by atoms with E-state index in [9.17, 15) is 10.1 Å². The number of benzene rings is 1. The fraction of sp³-hybridized carbons (Fsp3) is 0.238. The number of hydrogen-bond acceptors (Lipinski definition) is 6. The monoisotopic (exact) mass is 424 g/mol. The molecule has 9 heteroatoms. The Bertz CT molecular complexity index is 1090. The number of aromatic nitrogens is 1. The number of nitro groups is 1. The third kappa shape index (κ3) is 3.48. The Morgan fingerprint density at radius 2 is 2.13 bits per heavy atom. The highest BCUT2D eigenvalue weighted by Crippen LogP contribution is 2.41. The largest absolute Gasteiger partial charge is 0.496 e. The second kappa shape index (κ2) is 8.11. The number of nitrogens with zero attached hydrogens (tertiary/aromatic N) is 3. The van der Waals surface area contributed by atoms with Gasteiger partial charge in [-0.25, -0.2) is 0 Å². The Kier molecular flexibility index (Phi) is 5.37. The van der Waals surface area contributed by atoms with Crippen molar-refractivity contribution in [3.05, 3.63) is 76.3 Å². The molecule has 1 aliphatic heterocycles. The molecule has 0 aliphatic carbocycles. The number of nitrogens with one attached hydrogen (secondary N) is 1. The molecule has 0 spiro atoms. The van der Waals surface area contributed by atoms with Crippen molar-refractivity contribution in [1.82, 2.24) is 15.2 Å². The first-order chi connectivity index (χ1) is 14.5. The van der Waals surface area contributed by atoms with E-state index in [-0.39, 0.29) is 17.8 Å². The van der Waals surface area contributed by atoms with Crippen LogP contribution in [0.1, 0.15) is 30.5 Å². The second-order valence-corrected chi connectivity index (χ2v) is 7.14. The van der Waals surface area contributed by atoms with Crippen molar-refractivity contribution in [2.24, 2.45) is 0 Å². The van der Waals surface area contributed by atoms with Gasteiger partial charge < -0.3 is 19.4 Å². The summed E-state index contributed by atoms with van der Waals surface area (Å²) in [6.07, 6.45) is 1.75. The number of non-ortho nitro benzene ring substituents is 1. The summed E-state index contributed by atoms with van der Waals surface area (Å²) in [5.74, 6) is 1.65. The van der Waals surface area contributed by atoms with Crippen molar-refractivity contribution in [3.63, 3.8) is 0 Å². The summed E-state index contributed by atoms with van der Waals surface area (Å²) in [7, 11) is 1.47. The quantitative estimate of drug-likeness (QED) is 0.357. The number of pyridine rings is 1. The van der Waals surface area contributed by atoms with Crippen LogP contribution in [0.3, 0.4) is 0 Å². The minimum absolute atomic E-state index is 0.0416. The van der Waals surface area contributed by atoms with Gasteiger partial charge in [0.15, 0.2) is 5.11 Å². The lowest BCUT2D eigenvalue weighted by atomic mass is 10.0. The molecule has 0 radical (unpaired) electrons. The van der Waals surface area contributed by atoms with Gasteiger partial charge in [0.25, 0.3) is 5.69 Å². The molecule has 1 aliphatic rings. The number of methoxy groups -OCH3 is 1. The van der Waals surface area contributed by atoms with E-state index >= 15 is 0 Å². The molecule has 3 aromatic rings. The maximum atomic E-state index is 11.1. The van der Waals surface area contributed by atoms with Gasteiger partial charge in [-0.15, -0.1) is 0 Å². The van der Waals surface area contributed by atoms with Crippen molar-refractivity contribution < 1.29 is 14.1 Å². The van der Waals surface area contributed by atoms with Crippen LogP contribution in [0.15, 0.2) is 59.1 Å². The van der Waals surface area contributed by atoms with Gasteiger partial charge in [0.05, 0.1) is 35.4 Å². The van der Waals surface area contributed by atoms with Crippen molar-refractivity contribution in [2.75, 3.05) is 13.7 Å².